The zero-order valence-corrected chi connectivity index (χ0v) is 16.2. The lowest BCUT2D eigenvalue weighted by atomic mass is 10.2. The van der Waals surface area contributed by atoms with E-state index in [-0.39, 0.29) is 0 Å². The molecule has 6 heteroatoms. The van der Waals surface area contributed by atoms with Crippen LogP contribution < -0.4 is 15.4 Å². The van der Waals surface area contributed by atoms with Crippen molar-refractivity contribution in [2.75, 3.05) is 12.4 Å². The van der Waals surface area contributed by atoms with E-state index >= 15 is 0 Å². The van der Waals surface area contributed by atoms with Crippen molar-refractivity contribution in [1.29, 1.82) is 0 Å². The molecule has 0 spiro atoms. The summed E-state index contributed by atoms with van der Waals surface area (Å²) in [6.45, 7) is 0.646. The van der Waals surface area contributed by atoms with E-state index < -0.39 is 0 Å². The Bertz CT molecular complexity index is 1050. The summed E-state index contributed by atoms with van der Waals surface area (Å²) >= 11 is 5.39. The first-order chi connectivity index (χ1) is 13.7. The Morgan fingerprint density at radius 1 is 1.00 bits per heavy atom. The molecule has 4 aromatic rings. The summed E-state index contributed by atoms with van der Waals surface area (Å²) in [5.41, 5.74) is 5.07. The minimum Gasteiger partial charge on any atom is -0.497 e. The second-order valence-electron chi connectivity index (χ2n) is 6.34. The van der Waals surface area contributed by atoms with Crippen LogP contribution in [0.1, 0.15) is 5.56 Å². The first-order valence-electron chi connectivity index (χ1n) is 8.94. The summed E-state index contributed by atoms with van der Waals surface area (Å²) in [5.74, 6) is 1.70. The number of ether oxygens (including phenoxy) is 1. The van der Waals surface area contributed by atoms with Crippen LogP contribution in [-0.2, 0) is 6.54 Å². The van der Waals surface area contributed by atoms with E-state index in [2.05, 4.69) is 20.6 Å². The normalized spacial score (nSPS) is 10.6. The summed E-state index contributed by atoms with van der Waals surface area (Å²) < 4.78 is 5.17. The highest BCUT2D eigenvalue weighted by molar-refractivity contribution is 7.80. The monoisotopic (exact) mass is 388 g/mol. The van der Waals surface area contributed by atoms with Gasteiger partial charge in [-0.1, -0.05) is 24.3 Å². The number of aromatic amines is 1. The summed E-state index contributed by atoms with van der Waals surface area (Å²) in [4.78, 5) is 7.97. The molecule has 1 aromatic heterocycles. The van der Waals surface area contributed by atoms with Crippen LogP contribution >= 0.6 is 12.2 Å². The number of rotatable bonds is 5. The summed E-state index contributed by atoms with van der Waals surface area (Å²) in [6.07, 6.45) is 0. The zero-order valence-electron chi connectivity index (χ0n) is 15.4. The second kappa shape index (κ2) is 8.10. The SMILES string of the molecule is COc1ccc(CNC(=S)Nc2ccc(-c3nc4ccccc4[nH]3)cc2)cc1. The third kappa shape index (κ3) is 4.13. The molecule has 0 radical (unpaired) electrons. The first kappa shape index (κ1) is 18.0. The number of para-hydroxylation sites is 2. The van der Waals surface area contributed by atoms with Crippen LogP contribution in [0.5, 0.6) is 5.75 Å². The highest BCUT2D eigenvalue weighted by atomic mass is 32.1. The number of hydrogen-bond acceptors (Lipinski definition) is 3. The molecule has 0 aliphatic heterocycles. The lowest BCUT2D eigenvalue weighted by molar-refractivity contribution is 0.414. The van der Waals surface area contributed by atoms with Crippen molar-refractivity contribution in [3.05, 3.63) is 78.4 Å². The van der Waals surface area contributed by atoms with Gasteiger partial charge in [0.05, 0.1) is 18.1 Å². The van der Waals surface area contributed by atoms with Crippen LogP contribution in [0.15, 0.2) is 72.8 Å². The number of fused-ring (bicyclic) bond motifs is 1. The Labute approximate surface area is 168 Å². The van der Waals surface area contributed by atoms with E-state index in [1.807, 2.05) is 72.8 Å². The Hall–Kier alpha value is -3.38. The van der Waals surface area contributed by atoms with Gasteiger partial charge in [0.15, 0.2) is 5.11 Å². The standard InChI is InChI=1S/C22H20N4OS/c1-27-18-12-6-15(7-13-18)14-23-22(28)24-17-10-8-16(9-11-17)21-25-19-4-2-3-5-20(19)26-21/h2-13H,14H2,1H3,(H,25,26)(H2,23,24,28). The van der Waals surface area contributed by atoms with E-state index in [4.69, 9.17) is 17.0 Å². The molecule has 0 aliphatic carbocycles. The molecule has 0 unspecified atom stereocenters. The smallest absolute Gasteiger partial charge is 0.171 e. The Kier molecular flexibility index (Phi) is 5.21. The molecule has 0 atom stereocenters. The quantitative estimate of drug-likeness (QED) is 0.432. The number of benzene rings is 3. The highest BCUT2D eigenvalue weighted by Crippen LogP contribution is 2.22. The largest absolute Gasteiger partial charge is 0.497 e. The average molecular weight is 388 g/mol. The van der Waals surface area contributed by atoms with Gasteiger partial charge >= 0.3 is 0 Å². The van der Waals surface area contributed by atoms with Gasteiger partial charge in [0.1, 0.15) is 11.6 Å². The third-order valence-electron chi connectivity index (χ3n) is 4.42. The third-order valence-corrected chi connectivity index (χ3v) is 4.66. The van der Waals surface area contributed by atoms with Crippen LogP contribution in [-0.4, -0.2) is 22.2 Å². The molecule has 140 valence electrons. The molecular weight excluding hydrogens is 368 g/mol. The van der Waals surface area contributed by atoms with Crippen LogP contribution in [0.2, 0.25) is 0 Å². The number of nitrogens with zero attached hydrogens (tertiary/aromatic N) is 1. The van der Waals surface area contributed by atoms with Crippen LogP contribution in [0.25, 0.3) is 22.4 Å². The number of nitrogens with one attached hydrogen (secondary N) is 3. The molecule has 4 rings (SSSR count). The molecule has 0 saturated heterocycles. The van der Waals surface area contributed by atoms with Gasteiger partial charge in [0.2, 0.25) is 0 Å². The maximum atomic E-state index is 5.39. The van der Waals surface area contributed by atoms with E-state index in [1.165, 1.54) is 0 Å². The van der Waals surface area contributed by atoms with Crippen LogP contribution in [0, 0.1) is 0 Å². The Morgan fingerprint density at radius 3 is 2.46 bits per heavy atom. The maximum Gasteiger partial charge on any atom is 0.171 e. The number of thiocarbonyl (C=S) groups is 1. The molecule has 0 amide bonds. The molecule has 28 heavy (non-hydrogen) atoms. The van der Waals surface area contributed by atoms with Crippen molar-refractivity contribution in [2.45, 2.75) is 6.54 Å². The van der Waals surface area contributed by atoms with Crippen LogP contribution in [0.4, 0.5) is 5.69 Å². The van der Waals surface area contributed by atoms with Gasteiger partial charge in [-0.25, -0.2) is 4.98 Å². The first-order valence-corrected chi connectivity index (χ1v) is 9.35. The zero-order chi connectivity index (χ0) is 19.3. The molecule has 0 aliphatic rings. The lowest BCUT2D eigenvalue weighted by Gasteiger charge is -2.11. The highest BCUT2D eigenvalue weighted by Gasteiger charge is 2.05. The molecule has 0 fully saturated rings. The fraction of sp³-hybridized carbons (Fsp3) is 0.0909. The molecule has 1 heterocycles. The number of hydrogen-bond donors (Lipinski definition) is 3. The van der Waals surface area contributed by atoms with E-state index in [0.29, 0.717) is 11.7 Å². The summed E-state index contributed by atoms with van der Waals surface area (Å²) in [7, 11) is 1.66. The second-order valence-corrected chi connectivity index (χ2v) is 6.74. The molecule has 5 nitrogen and oxygen atoms in total. The number of anilines is 1. The van der Waals surface area contributed by atoms with Gasteiger partial charge in [0.25, 0.3) is 0 Å². The fourth-order valence-corrected chi connectivity index (χ4v) is 3.09. The minimum absolute atomic E-state index is 0.576. The summed E-state index contributed by atoms with van der Waals surface area (Å²) in [5, 5.41) is 6.99. The van der Waals surface area contributed by atoms with Gasteiger partial charge in [-0.3, -0.25) is 0 Å². The van der Waals surface area contributed by atoms with Gasteiger partial charge in [-0.05, 0) is 66.3 Å². The van der Waals surface area contributed by atoms with Crippen molar-refractivity contribution in [1.82, 2.24) is 15.3 Å². The van der Waals surface area contributed by atoms with E-state index in [0.717, 1.165) is 39.4 Å². The topological polar surface area (TPSA) is 62.0 Å². The van der Waals surface area contributed by atoms with E-state index in [1.54, 1.807) is 7.11 Å². The number of aromatic nitrogens is 2. The Balaban J connectivity index is 1.36. The minimum atomic E-state index is 0.576. The average Bonchev–Trinajstić information content (AvgIpc) is 3.17. The lowest BCUT2D eigenvalue weighted by Crippen LogP contribution is -2.27. The number of H-pyrrole nitrogens is 1. The molecule has 3 aromatic carbocycles. The Morgan fingerprint density at radius 2 is 1.75 bits per heavy atom. The van der Waals surface area contributed by atoms with Crippen molar-refractivity contribution < 1.29 is 4.74 Å². The number of methoxy groups -OCH3 is 1. The van der Waals surface area contributed by atoms with Crippen molar-refractivity contribution in [3.63, 3.8) is 0 Å². The summed E-state index contributed by atoms with van der Waals surface area (Å²) in [6, 6.07) is 23.9. The molecule has 3 N–H and O–H groups in total. The molecule has 0 bridgehead atoms. The molecular formula is C22H20N4OS. The predicted molar refractivity (Wildman–Crippen MR) is 118 cm³/mol. The predicted octanol–water partition coefficient (Wildman–Crippen LogP) is 4.73. The van der Waals surface area contributed by atoms with Gasteiger partial charge < -0.3 is 20.4 Å². The van der Waals surface area contributed by atoms with Crippen molar-refractivity contribution in [2.24, 2.45) is 0 Å². The van der Waals surface area contributed by atoms with Crippen molar-refractivity contribution in [3.8, 4) is 17.1 Å². The van der Waals surface area contributed by atoms with Crippen molar-refractivity contribution >= 4 is 34.1 Å². The fourth-order valence-electron chi connectivity index (χ4n) is 2.90. The molecule has 0 saturated carbocycles. The van der Waals surface area contributed by atoms with Gasteiger partial charge in [-0.2, -0.15) is 0 Å². The van der Waals surface area contributed by atoms with Gasteiger partial charge in [-0.15, -0.1) is 0 Å². The van der Waals surface area contributed by atoms with Gasteiger partial charge in [0, 0.05) is 17.8 Å². The van der Waals surface area contributed by atoms with Crippen LogP contribution in [0.3, 0.4) is 0 Å². The number of imidazole rings is 1. The maximum absolute atomic E-state index is 5.39. The van der Waals surface area contributed by atoms with E-state index in [9.17, 15) is 0 Å².